The second-order valence-corrected chi connectivity index (χ2v) is 7.58. The van der Waals surface area contributed by atoms with Gasteiger partial charge in [0.2, 0.25) is 0 Å². The minimum Gasteiger partial charge on any atom is -0.506 e. The van der Waals surface area contributed by atoms with E-state index in [-0.39, 0.29) is 0 Å². The second kappa shape index (κ2) is 8.68. The van der Waals surface area contributed by atoms with E-state index in [9.17, 15) is 19.8 Å². The van der Waals surface area contributed by atoms with Crippen LogP contribution in [0.25, 0.3) is 22.2 Å². The highest BCUT2D eigenvalue weighted by Crippen LogP contribution is 2.32. The van der Waals surface area contributed by atoms with Crippen LogP contribution in [0.1, 0.15) is 34.2 Å². The first-order chi connectivity index (χ1) is 15.4. The molecular weight excluding hydrogens is 408 g/mol. The van der Waals surface area contributed by atoms with Gasteiger partial charge in [-0.25, -0.2) is 4.79 Å². The van der Waals surface area contributed by atoms with E-state index in [0.29, 0.717) is 36.3 Å². The normalized spacial score (nSPS) is 11.2. The van der Waals surface area contributed by atoms with Gasteiger partial charge in [0.25, 0.3) is 5.56 Å². The highest BCUT2D eigenvalue weighted by Gasteiger charge is 2.22. The fourth-order valence-electron chi connectivity index (χ4n) is 3.97. The van der Waals surface area contributed by atoms with Gasteiger partial charge < -0.3 is 25.1 Å². The van der Waals surface area contributed by atoms with E-state index in [4.69, 9.17) is 0 Å². The molecule has 0 atom stereocenters. The third-order valence-electron chi connectivity index (χ3n) is 5.63. The molecule has 4 rings (SSSR count). The van der Waals surface area contributed by atoms with Crippen molar-refractivity contribution in [2.45, 2.75) is 26.4 Å². The number of carboxylic acid groups (broad SMARTS) is 1. The minimum atomic E-state index is -1.45. The van der Waals surface area contributed by atoms with Crippen LogP contribution in [0.4, 0.5) is 0 Å². The Kier molecular flexibility index (Phi) is 5.79. The summed E-state index contributed by atoms with van der Waals surface area (Å²) < 4.78 is 2.10. The Balaban J connectivity index is 1.67. The van der Waals surface area contributed by atoms with Crippen LogP contribution in [-0.2, 0) is 26.6 Å². The summed E-state index contributed by atoms with van der Waals surface area (Å²) in [6.45, 7) is 3.11. The number of carboxylic acids is 1. The number of aromatic nitrogens is 3. The SMILES string of the molecule is CCc1c(-c2ccc3c(c2)cc(CNCc2ccccn2)n3C)[nH]c(=O)c(C(=O)O)c1O. The quantitative estimate of drug-likeness (QED) is 0.356. The molecule has 0 unspecified atom stereocenters. The summed E-state index contributed by atoms with van der Waals surface area (Å²) >= 11 is 0. The van der Waals surface area contributed by atoms with Crippen molar-refractivity contribution in [3.63, 3.8) is 0 Å². The Morgan fingerprint density at radius 1 is 1.19 bits per heavy atom. The number of nitrogens with zero attached hydrogens (tertiary/aromatic N) is 2. The van der Waals surface area contributed by atoms with Gasteiger partial charge in [-0.3, -0.25) is 9.78 Å². The summed E-state index contributed by atoms with van der Waals surface area (Å²) in [6.07, 6.45) is 2.14. The molecule has 0 aliphatic rings. The molecule has 0 spiro atoms. The lowest BCUT2D eigenvalue weighted by molar-refractivity contribution is 0.0691. The number of aromatic carboxylic acids is 1. The number of rotatable bonds is 7. The highest BCUT2D eigenvalue weighted by molar-refractivity contribution is 5.92. The molecule has 4 N–H and O–H groups in total. The van der Waals surface area contributed by atoms with E-state index in [2.05, 4.69) is 25.9 Å². The molecule has 0 bridgehead atoms. The number of hydrogen-bond acceptors (Lipinski definition) is 5. The summed E-state index contributed by atoms with van der Waals surface area (Å²) in [6, 6.07) is 13.6. The molecule has 8 heteroatoms. The van der Waals surface area contributed by atoms with Crippen LogP contribution >= 0.6 is 0 Å². The second-order valence-electron chi connectivity index (χ2n) is 7.58. The van der Waals surface area contributed by atoms with Gasteiger partial charge in [0.15, 0.2) is 5.56 Å². The van der Waals surface area contributed by atoms with E-state index in [1.165, 1.54) is 0 Å². The fourth-order valence-corrected chi connectivity index (χ4v) is 3.97. The topological polar surface area (TPSA) is 120 Å². The largest absolute Gasteiger partial charge is 0.506 e. The maximum Gasteiger partial charge on any atom is 0.345 e. The number of benzene rings is 1. The molecule has 164 valence electrons. The Morgan fingerprint density at radius 3 is 2.69 bits per heavy atom. The van der Waals surface area contributed by atoms with Crippen LogP contribution < -0.4 is 10.9 Å². The first kappa shape index (κ1) is 21.3. The molecule has 0 aliphatic carbocycles. The van der Waals surface area contributed by atoms with E-state index in [1.807, 2.05) is 43.4 Å². The van der Waals surface area contributed by atoms with Gasteiger partial charge in [-0.15, -0.1) is 0 Å². The Bertz CT molecular complexity index is 1360. The Morgan fingerprint density at radius 2 is 2.00 bits per heavy atom. The van der Waals surface area contributed by atoms with E-state index >= 15 is 0 Å². The number of H-pyrrole nitrogens is 1. The molecule has 0 radical (unpaired) electrons. The van der Waals surface area contributed by atoms with E-state index in [0.717, 1.165) is 22.3 Å². The van der Waals surface area contributed by atoms with Gasteiger partial charge in [0, 0.05) is 48.5 Å². The summed E-state index contributed by atoms with van der Waals surface area (Å²) in [4.78, 5) is 30.6. The summed E-state index contributed by atoms with van der Waals surface area (Å²) in [5, 5.41) is 24.0. The molecule has 8 nitrogen and oxygen atoms in total. The van der Waals surface area contributed by atoms with Crippen molar-refractivity contribution in [1.29, 1.82) is 0 Å². The van der Waals surface area contributed by atoms with Crippen molar-refractivity contribution in [3.05, 3.63) is 81.5 Å². The van der Waals surface area contributed by atoms with Gasteiger partial charge in [-0.1, -0.05) is 19.1 Å². The van der Waals surface area contributed by atoms with Crippen LogP contribution in [-0.4, -0.2) is 30.7 Å². The Hall–Kier alpha value is -3.91. The van der Waals surface area contributed by atoms with Crippen LogP contribution in [0.3, 0.4) is 0 Å². The van der Waals surface area contributed by atoms with Crippen molar-refractivity contribution in [1.82, 2.24) is 19.9 Å². The zero-order chi connectivity index (χ0) is 22.8. The lowest BCUT2D eigenvalue weighted by atomic mass is 9.99. The number of carbonyl (C=O) groups is 1. The van der Waals surface area contributed by atoms with Gasteiger partial charge >= 0.3 is 5.97 Å². The predicted molar refractivity (Wildman–Crippen MR) is 122 cm³/mol. The first-order valence-electron chi connectivity index (χ1n) is 10.3. The molecule has 3 heterocycles. The van der Waals surface area contributed by atoms with Crippen LogP contribution in [0, 0.1) is 0 Å². The highest BCUT2D eigenvalue weighted by atomic mass is 16.4. The number of fused-ring (bicyclic) bond motifs is 1. The molecule has 0 saturated carbocycles. The van der Waals surface area contributed by atoms with Crippen LogP contribution in [0.2, 0.25) is 0 Å². The van der Waals surface area contributed by atoms with Crippen molar-refractivity contribution in [2.24, 2.45) is 7.05 Å². The van der Waals surface area contributed by atoms with Crippen molar-refractivity contribution >= 4 is 16.9 Å². The molecule has 3 aromatic heterocycles. The Labute approximate surface area is 184 Å². The number of aryl methyl sites for hydroxylation is 1. The lowest BCUT2D eigenvalue weighted by Gasteiger charge is -2.12. The number of aromatic amines is 1. The smallest absolute Gasteiger partial charge is 0.345 e. The standard InChI is InChI=1S/C24H24N4O4/c1-3-18-21(27-23(30)20(22(18)29)24(31)32)14-7-8-19-15(10-14)11-17(28(19)2)13-25-12-16-6-4-5-9-26-16/h4-11,25H,3,12-13H2,1-2H3,(H,31,32)(H2,27,29,30). The summed E-state index contributed by atoms with van der Waals surface area (Å²) in [7, 11) is 1.99. The molecule has 32 heavy (non-hydrogen) atoms. The molecule has 0 fully saturated rings. The van der Waals surface area contributed by atoms with Gasteiger partial charge in [0.1, 0.15) is 5.75 Å². The van der Waals surface area contributed by atoms with Crippen molar-refractivity contribution in [3.8, 4) is 17.0 Å². The molecule has 1 aromatic carbocycles. The molecule has 0 aliphatic heterocycles. The molecule has 0 saturated heterocycles. The third-order valence-corrected chi connectivity index (χ3v) is 5.63. The summed E-state index contributed by atoms with van der Waals surface area (Å²) in [5.74, 6) is -1.93. The molecule has 0 amide bonds. The van der Waals surface area contributed by atoms with Gasteiger partial charge in [-0.2, -0.15) is 0 Å². The maximum atomic E-state index is 12.3. The monoisotopic (exact) mass is 432 g/mol. The number of aromatic hydroxyl groups is 1. The van der Waals surface area contributed by atoms with E-state index < -0.39 is 22.8 Å². The first-order valence-corrected chi connectivity index (χ1v) is 10.3. The number of nitrogens with one attached hydrogen (secondary N) is 2. The minimum absolute atomic E-state index is 0.369. The number of pyridine rings is 2. The third kappa shape index (κ3) is 3.88. The fraction of sp³-hybridized carbons (Fsp3) is 0.208. The predicted octanol–water partition coefficient (Wildman–Crippen LogP) is 3.18. The van der Waals surface area contributed by atoms with E-state index in [1.54, 1.807) is 13.1 Å². The van der Waals surface area contributed by atoms with Gasteiger partial charge in [0.05, 0.1) is 11.4 Å². The zero-order valence-corrected chi connectivity index (χ0v) is 17.8. The number of hydrogen-bond donors (Lipinski definition) is 4. The molecule has 4 aromatic rings. The zero-order valence-electron chi connectivity index (χ0n) is 17.8. The average molecular weight is 432 g/mol. The van der Waals surface area contributed by atoms with Crippen LogP contribution in [0.5, 0.6) is 5.75 Å². The van der Waals surface area contributed by atoms with Crippen molar-refractivity contribution in [2.75, 3.05) is 0 Å². The van der Waals surface area contributed by atoms with Gasteiger partial charge in [-0.05, 0) is 42.3 Å². The van der Waals surface area contributed by atoms with Crippen molar-refractivity contribution < 1.29 is 15.0 Å². The maximum absolute atomic E-state index is 12.3. The molecular formula is C24H24N4O4. The van der Waals surface area contributed by atoms with Crippen LogP contribution in [0.15, 0.2) is 53.5 Å². The average Bonchev–Trinajstić information content (AvgIpc) is 3.08. The lowest BCUT2D eigenvalue weighted by Crippen LogP contribution is -2.20. The summed E-state index contributed by atoms with van der Waals surface area (Å²) in [5.41, 5.74) is 3.15.